The summed E-state index contributed by atoms with van der Waals surface area (Å²) in [7, 11) is 0. The van der Waals surface area contributed by atoms with Gasteiger partial charge in [-0.25, -0.2) is 4.39 Å². The zero-order valence-corrected chi connectivity index (χ0v) is 16.1. The summed E-state index contributed by atoms with van der Waals surface area (Å²) < 4.78 is 51.7. The molecule has 0 atom stereocenters. The van der Waals surface area contributed by atoms with Gasteiger partial charge in [0, 0.05) is 39.1 Å². The zero-order chi connectivity index (χ0) is 20.9. The van der Waals surface area contributed by atoms with E-state index in [-0.39, 0.29) is 18.1 Å². The lowest BCUT2D eigenvalue weighted by Gasteiger charge is -2.22. The van der Waals surface area contributed by atoms with Crippen molar-refractivity contribution in [3.63, 3.8) is 0 Å². The molecule has 1 heterocycles. The van der Waals surface area contributed by atoms with Gasteiger partial charge in [-0.05, 0) is 42.2 Å². The maximum absolute atomic E-state index is 13.7. The van der Waals surface area contributed by atoms with Crippen molar-refractivity contribution in [2.75, 3.05) is 26.2 Å². The van der Waals surface area contributed by atoms with Gasteiger partial charge in [0.25, 0.3) is 0 Å². The summed E-state index contributed by atoms with van der Waals surface area (Å²) in [6.45, 7) is 3.19. The average Bonchev–Trinajstić information content (AvgIpc) is 2.92. The second kappa shape index (κ2) is 9.39. The Morgan fingerprint density at radius 2 is 1.66 bits per heavy atom. The van der Waals surface area contributed by atoms with Crippen LogP contribution in [0.4, 0.5) is 17.6 Å². The van der Waals surface area contributed by atoms with Crippen molar-refractivity contribution < 1.29 is 22.4 Å². The highest BCUT2D eigenvalue weighted by atomic mass is 19.4. The van der Waals surface area contributed by atoms with Crippen molar-refractivity contribution in [3.05, 3.63) is 71.0 Å². The summed E-state index contributed by atoms with van der Waals surface area (Å²) >= 11 is 0. The summed E-state index contributed by atoms with van der Waals surface area (Å²) in [4.78, 5) is 16.5. The molecular formula is C22H24F4N2O. The largest absolute Gasteiger partial charge is 0.416 e. The molecule has 0 aromatic heterocycles. The zero-order valence-electron chi connectivity index (χ0n) is 16.1. The van der Waals surface area contributed by atoms with Crippen LogP contribution in [0.2, 0.25) is 0 Å². The molecule has 1 fully saturated rings. The number of rotatable bonds is 5. The SMILES string of the molecule is O=C(CCc1ccccc1F)N1CCCN(Cc2ccc(C(F)(F)F)cc2)CC1. The maximum atomic E-state index is 13.7. The van der Waals surface area contributed by atoms with Crippen LogP contribution in [0, 0.1) is 5.82 Å². The molecule has 0 unspecified atom stereocenters. The van der Waals surface area contributed by atoms with Gasteiger partial charge in [0.2, 0.25) is 5.91 Å². The molecule has 0 saturated carbocycles. The predicted molar refractivity (Wildman–Crippen MR) is 103 cm³/mol. The fraction of sp³-hybridized carbons (Fsp3) is 0.409. The third-order valence-corrected chi connectivity index (χ3v) is 5.19. The van der Waals surface area contributed by atoms with Gasteiger partial charge in [-0.15, -0.1) is 0 Å². The van der Waals surface area contributed by atoms with Crippen LogP contribution in [-0.2, 0) is 23.9 Å². The van der Waals surface area contributed by atoms with Crippen LogP contribution in [0.1, 0.15) is 29.5 Å². The molecule has 3 nitrogen and oxygen atoms in total. The molecule has 3 rings (SSSR count). The Morgan fingerprint density at radius 3 is 2.34 bits per heavy atom. The first-order chi connectivity index (χ1) is 13.8. The van der Waals surface area contributed by atoms with Crippen LogP contribution in [0.25, 0.3) is 0 Å². The number of nitrogens with zero attached hydrogens (tertiary/aromatic N) is 2. The standard InChI is InChI=1S/C22H24F4N2O/c23-20-5-2-1-4-18(20)8-11-21(29)28-13-3-12-27(14-15-28)16-17-6-9-19(10-7-17)22(24,25)26/h1-2,4-7,9-10H,3,8,11-16H2. The van der Waals surface area contributed by atoms with Gasteiger partial charge < -0.3 is 4.90 Å². The van der Waals surface area contributed by atoms with Gasteiger partial charge in [-0.3, -0.25) is 9.69 Å². The number of benzene rings is 2. The third kappa shape index (κ3) is 6.03. The number of carbonyl (C=O) groups excluding carboxylic acids is 1. The fourth-order valence-corrected chi connectivity index (χ4v) is 3.54. The minimum absolute atomic E-state index is 0.00429. The number of aryl methyl sites for hydroxylation is 1. The quantitative estimate of drug-likeness (QED) is 0.680. The van der Waals surface area contributed by atoms with E-state index in [0.717, 1.165) is 30.7 Å². The molecule has 2 aromatic carbocycles. The topological polar surface area (TPSA) is 23.6 Å². The van der Waals surface area contributed by atoms with Crippen LogP contribution < -0.4 is 0 Å². The van der Waals surface area contributed by atoms with Crippen LogP contribution in [-0.4, -0.2) is 41.9 Å². The van der Waals surface area contributed by atoms with E-state index in [1.54, 1.807) is 23.1 Å². The van der Waals surface area contributed by atoms with E-state index in [2.05, 4.69) is 4.90 Å². The highest BCUT2D eigenvalue weighted by Gasteiger charge is 2.30. The summed E-state index contributed by atoms with van der Waals surface area (Å²) in [5.74, 6) is -0.288. The van der Waals surface area contributed by atoms with Crippen molar-refractivity contribution in [1.29, 1.82) is 0 Å². The molecule has 1 aliphatic rings. The minimum Gasteiger partial charge on any atom is -0.341 e. The number of amides is 1. The number of carbonyl (C=O) groups is 1. The minimum atomic E-state index is -4.33. The van der Waals surface area contributed by atoms with E-state index in [4.69, 9.17) is 0 Å². The molecule has 0 aliphatic carbocycles. The van der Waals surface area contributed by atoms with Crippen molar-refractivity contribution >= 4 is 5.91 Å². The van der Waals surface area contributed by atoms with E-state index in [0.29, 0.717) is 38.2 Å². The number of alkyl halides is 3. The first kappa shape index (κ1) is 21.3. The van der Waals surface area contributed by atoms with E-state index < -0.39 is 11.7 Å². The Labute approximate surface area is 167 Å². The molecular weight excluding hydrogens is 384 g/mol. The predicted octanol–water partition coefficient (Wildman–Crippen LogP) is 4.51. The number of halogens is 4. The van der Waals surface area contributed by atoms with Crippen molar-refractivity contribution in [3.8, 4) is 0 Å². The number of hydrogen-bond donors (Lipinski definition) is 0. The lowest BCUT2D eigenvalue weighted by molar-refractivity contribution is -0.137. The van der Waals surface area contributed by atoms with Crippen LogP contribution >= 0.6 is 0 Å². The molecule has 0 spiro atoms. The summed E-state index contributed by atoms with van der Waals surface area (Å²) in [5.41, 5.74) is 0.709. The summed E-state index contributed by atoms with van der Waals surface area (Å²) in [5, 5.41) is 0. The summed E-state index contributed by atoms with van der Waals surface area (Å²) in [6.07, 6.45) is -2.89. The van der Waals surface area contributed by atoms with E-state index in [9.17, 15) is 22.4 Å². The Kier molecular flexibility index (Phi) is 6.90. The Hall–Kier alpha value is -2.41. The second-order valence-corrected chi connectivity index (χ2v) is 7.30. The molecule has 1 saturated heterocycles. The van der Waals surface area contributed by atoms with Gasteiger partial charge >= 0.3 is 6.18 Å². The van der Waals surface area contributed by atoms with Gasteiger partial charge in [0.1, 0.15) is 5.82 Å². The fourth-order valence-electron chi connectivity index (χ4n) is 3.54. The molecule has 0 N–H and O–H groups in total. The van der Waals surface area contributed by atoms with Crippen molar-refractivity contribution in [2.24, 2.45) is 0 Å². The highest BCUT2D eigenvalue weighted by Crippen LogP contribution is 2.29. The molecule has 0 bridgehead atoms. The normalized spacial score (nSPS) is 15.9. The summed E-state index contributed by atoms with van der Waals surface area (Å²) in [6, 6.07) is 11.7. The van der Waals surface area contributed by atoms with E-state index in [1.165, 1.54) is 18.2 Å². The van der Waals surface area contributed by atoms with Gasteiger partial charge in [-0.1, -0.05) is 30.3 Å². The third-order valence-electron chi connectivity index (χ3n) is 5.19. The van der Waals surface area contributed by atoms with Crippen LogP contribution in [0.15, 0.2) is 48.5 Å². The maximum Gasteiger partial charge on any atom is 0.416 e. The lowest BCUT2D eigenvalue weighted by atomic mass is 10.1. The van der Waals surface area contributed by atoms with Crippen LogP contribution in [0.3, 0.4) is 0 Å². The Balaban J connectivity index is 1.49. The molecule has 1 amide bonds. The first-order valence-electron chi connectivity index (χ1n) is 9.72. The molecule has 0 radical (unpaired) electrons. The monoisotopic (exact) mass is 408 g/mol. The average molecular weight is 408 g/mol. The molecule has 7 heteroatoms. The smallest absolute Gasteiger partial charge is 0.341 e. The second-order valence-electron chi connectivity index (χ2n) is 7.30. The van der Waals surface area contributed by atoms with Crippen molar-refractivity contribution in [1.82, 2.24) is 9.80 Å². The van der Waals surface area contributed by atoms with Gasteiger partial charge in [-0.2, -0.15) is 13.2 Å². The van der Waals surface area contributed by atoms with Crippen LogP contribution in [0.5, 0.6) is 0 Å². The Morgan fingerprint density at radius 1 is 0.931 bits per heavy atom. The lowest BCUT2D eigenvalue weighted by Crippen LogP contribution is -2.35. The first-order valence-corrected chi connectivity index (χ1v) is 9.72. The Bertz CT molecular complexity index is 820. The van der Waals surface area contributed by atoms with Gasteiger partial charge in [0.15, 0.2) is 0 Å². The highest BCUT2D eigenvalue weighted by molar-refractivity contribution is 5.76. The van der Waals surface area contributed by atoms with Crippen molar-refractivity contribution in [2.45, 2.75) is 32.0 Å². The van der Waals surface area contributed by atoms with E-state index >= 15 is 0 Å². The molecule has 1 aliphatic heterocycles. The molecule has 29 heavy (non-hydrogen) atoms. The number of hydrogen-bond acceptors (Lipinski definition) is 2. The van der Waals surface area contributed by atoms with Gasteiger partial charge in [0.05, 0.1) is 5.56 Å². The van der Waals surface area contributed by atoms with E-state index in [1.807, 2.05) is 0 Å². The molecule has 156 valence electrons. The molecule has 2 aromatic rings.